The molecule has 0 atom stereocenters. The monoisotopic (exact) mass is 210 g/mol. The number of rotatable bonds is 2. The van der Waals surface area contributed by atoms with Gasteiger partial charge in [-0.3, -0.25) is 9.36 Å². The summed E-state index contributed by atoms with van der Waals surface area (Å²) in [4.78, 5) is 14.3. The highest BCUT2D eigenvalue weighted by Gasteiger charge is 2.14. The molecule has 2 rings (SSSR count). The van der Waals surface area contributed by atoms with Crippen molar-refractivity contribution in [1.29, 1.82) is 0 Å². The molecule has 0 aliphatic heterocycles. The Morgan fingerprint density at radius 2 is 2.20 bits per heavy atom. The lowest BCUT2D eigenvalue weighted by Gasteiger charge is -2.04. The molecule has 15 heavy (non-hydrogen) atoms. The number of nitrogens with zero attached hydrogens (tertiary/aromatic N) is 2. The number of aromatic nitrogens is 2. The van der Waals surface area contributed by atoms with E-state index in [9.17, 15) is 13.6 Å². The quantitative estimate of drug-likeness (QED) is 0.714. The maximum Gasteiger partial charge on any atom is 0.320 e. The summed E-state index contributed by atoms with van der Waals surface area (Å²) in [5.74, 6) is 0. The summed E-state index contributed by atoms with van der Waals surface area (Å²) in [5.41, 5.74) is 1.01. The first-order chi connectivity index (χ1) is 7.13. The molecule has 0 amide bonds. The summed E-state index contributed by atoms with van der Waals surface area (Å²) < 4.78 is 26.1. The number of alkyl halides is 2. The predicted molar refractivity (Wildman–Crippen MR) is 51.1 cm³/mol. The van der Waals surface area contributed by atoms with Crippen LogP contribution in [0.3, 0.4) is 0 Å². The van der Waals surface area contributed by atoms with Gasteiger partial charge in [-0.05, 0) is 19.1 Å². The Bertz CT molecular complexity index is 519. The van der Waals surface area contributed by atoms with Gasteiger partial charge in [-0.15, -0.1) is 0 Å². The van der Waals surface area contributed by atoms with Gasteiger partial charge in [0.05, 0.1) is 0 Å². The predicted octanol–water partition coefficient (Wildman–Crippen LogP) is 2.55. The molecule has 0 radical (unpaired) electrons. The van der Waals surface area contributed by atoms with E-state index in [0.29, 0.717) is 22.9 Å². The third-order valence-corrected chi connectivity index (χ3v) is 2.22. The van der Waals surface area contributed by atoms with E-state index in [-0.39, 0.29) is 5.65 Å². The zero-order chi connectivity index (χ0) is 11.0. The Morgan fingerprint density at radius 1 is 1.47 bits per heavy atom. The minimum atomic E-state index is -2.61. The van der Waals surface area contributed by atoms with Crippen LogP contribution in [0, 0.1) is 6.92 Å². The van der Waals surface area contributed by atoms with Gasteiger partial charge in [0.15, 0.2) is 6.29 Å². The summed E-state index contributed by atoms with van der Waals surface area (Å²) in [7, 11) is 0. The fourth-order valence-corrected chi connectivity index (χ4v) is 1.57. The van der Waals surface area contributed by atoms with Crippen LogP contribution < -0.4 is 0 Å². The van der Waals surface area contributed by atoms with E-state index in [2.05, 4.69) is 4.98 Å². The number of aldehydes is 1. The van der Waals surface area contributed by atoms with Crippen molar-refractivity contribution in [3.8, 4) is 0 Å². The van der Waals surface area contributed by atoms with Gasteiger partial charge in [0.1, 0.15) is 5.65 Å². The van der Waals surface area contributed by atoms with E-state index in [4.69, 9.17) is 0 Å². The number of fused-ring (bicyclic) bond motifs is 1. The van der Waals surface area contributed by atoms with Crippen LogP contribution in [0.1, 0.15) is 22.6 Å². The molecule has 0 spiro atoms. The average Bonchev–Trinajstić information content (AvgIpc) is 2.52. The van der Waals surface area contributed by atoms with E-state index in [1.165, 1.54) is 6.20 Å². The first-order valence-electron chi connectivity index (χ1n) is 4.34. The Hall–Kier alpha value is -1.78. The number of aryl methyl sites for hydroxylation is 1. The molecule has 2 aromatic heterocycles. The van der Waals surface area contributed by atoms with Gasteiger partial charge in [-0.2, -0.15) is 8.78 Å². The van der Waals surface area contributed by atoms with Crippen LogP contribution in [-0.4, -0.2) is 15.8 Å². The molecule has 0 aliphatic carbocycles. The second-order valence-electron chi connectivity index (χ2n) is 3.23. The Balaban J connectivity index is 2.73. The Labute approximate surface area is 84.3 Å². The zero-order valence-electron chi connectivity index (χ0n) is 7.95. The van der Waals surface area contributed by atoms with Crippen molar-refractivity contribution >= 4 is 17.3 Å². The van der Waals surface area contributed by atoms with Crippen LogP contribution >= 0.6 is 0 Å². The van der Waals surface area contributed by atoms with Crippen molar-refractivity contribution in [3.63, 3.8) is 0 Å². The maximum atomic E-state index is 12.6. The second-order valence-corrected chi connectivity index (χ2v) is 3.23. The molecule has 0 aromatic carbocycles. The lowest BCUT2D eigenvalue weighted by atomic mass is 10.2. The highest BCUT2D eigenvalue weighted by atomic mass is 19.3. The Morgan fingerprint density at radius 3 is 2.80 bits per heavy atom. The van der Waals surface area contributed by atoms with Crippen LogP contribution in [-0.2, 0) is 0 Å². The molecule has 0 bridgehead atoms. The number of pyridine rings is 1. The van der Waals surface area contributed by atoms with Crippen LogP contribution in [0.2, 0.25) is 0 Å². The van der Waals surface area contributed by atoms with E-state index in [1.807, 2.05) is 0 Å². The highest BCUT2D eigenvalue weighted by Crippen LogP contribution is 2.24. The van der Waals surface area contributed by atoms with Crippen LogP contribution in [0.4, 0.5) is 8.78 Å². The number of hydrogen-bond donors (Lipinski definition) is 0. The fourth-order valence-electron chi connectivity index (χ4n) is 1.57. The minimum absolute atomic E-state index is 0.202. The van der Waals surface area contributed by atoms with Crippen LogP contribution in [0.25, 0.3) is 11.0 Å². The van der Waals surface area contributed by atoms with Gasteiger partial charge in [0, 0.05) is 22.8 Å². The van der Waals surface area contributed by atoms with E-state index in [0.717, 1.165) is 4.57 Å². The first kappa shape index (κ1) is 9.76. The number of halogens is 2. The first-order valence-corrected chi connectivity index (χ1v) is 4.34. The molecule has 0 aliphatic rings. The zero-order valence-corrected chi connectivity index (χ0v) is 7.95. The summed E-state index contributed by atoms with van der Waals surface area (Å²) in [6.45, 7) is -1.04. The SMILES string of the molecule is Cc1cc2cc(C=O)cnc2n1C(F)F. The van der Waals surface area contributed by atoms with Crippen molar-refractivity contribution in [3.05, 3.63) is 29.6 Å². The van der Waals surface area contributed by atoms with Crippen LogP contribution in [0.5, 0.6) is 0 Å². The second kappa shape index (κ2) is 3.42. The third kappa shape index (κ3) is 1.49. The van der Waals surface area contributed by atoms with E-state index < -0.39 is 6.55 Å². The largest absolute Gasteiger partial charge is 0.320 e. The summed E-state index contributed by atoms with van der Waals surface area (Å²) in [5, 5.41) is 0.553. The molecular formula is C10H8F2N2O. The fraction of sp³-hybridized carbons (Fsp3) is 0.200. The highest BCUT2D eigenvalue weighted by molar-refractivity contribution is 5.85. The summed E-state index contributed by atoms with van der Waals surface area (Å²) in [6.07, 6.45) is 1.93. The van der Waals surface area contributed by atoms with Gasteiger partial charge in [-0.25, -0.2) is 4.98 Å². The van der Waals surface area contributed by atoms with Crippen molar-refractivity contribution in [2.75, 3.05) is 0 Å². The topological polar surface area (TPSA) is 34.9 Å². The van der Waals surface area contributed by atoms with Crippen molar-refractivity contribution in [2.45, 2.75) is 13.5 Å². The molecule has 0 unspecified atom stereocenters. The summed E-state index contributed by atoms with van der Waals surface area (Å²) >= 11 is 0. The molecular weight excluding hydrogens is 202 g/mol. The normalized spacial score (nSPS) is 11.2. The molecule has 5 heteroatoms. The molecule has 3 nitrogen and oxygen atoms in total. The molecule has 0 N–H and O–H groups in total. The molecule has 0 fully saturated rings. The standard InChI is InChI=1S/C10H8F2N2O/c1-6-2-8-3-7(5-15)4-13-9(8)14(6)10(11)12/h2-5,10H,1H3. The molecule has 78 valence electrons. The van der Waals surface area contributed by atoms with Crippen LogP contribution in [0.15, 0.2) is 18.3 Å². The van der Waals surface area contributed by atoms with Gasteiger partial charge >= 0.3 is 6.55 Å². The average molecular weight is 210 g/mol. The number of hydrogen-bond acceptors (Lipinski definition) is 2. The number of carbonyl (C=O) groups excluding carboxylic acids is 1. The lowest BCUT2D eigenvalue weighted by Crippen LogP contribution is -2.01. The molecule has 2 aromatic rings. The smallest absolute Gasteiger partial charge is 0.298 e. The minimum Gasteiger partial charge on any atom is -0.298 e. The van der Waals surface area contributed by atoms with Gasteiger partial charge < -0.3 is 0 Å². The lowest BCUT2D eigenvalue weighted by molar-refractivity contribution is 0.0727. The molecule has 0 saturated heterocycles. The van der Waals surface area contributed by atoms with Gasteiger partial charge in [0.25, 0.3) is 0 Å². The van der Waals surface area contributed by atoms with Gasteiger partial charge in [-0.1, -0.05) is 0 Å². The summed E-state index contributed by atoms with van der Waals surface area (Å²) in [6, 6.07) is 3.13. The maximum absolute atomic E-state index is 12.6. The van der Waals surface area contributed by atoms with Crippen molar-refractivity contribution in [1.82, 2.24) is 9.55 Å². The molecule has 0 saturated carbocycles. The van der Waals surface area contributed by atoms with E-state index >= 15 is 0 Å². The van der Waals surface area contributed by atoms with Crippen molar-refractivity contribution in [2.24, 2.45) is 0 Å². The Kier molecular flexibility index (Phi) is 2.22. The number of carbonyl (C=O) groups is 1. The van der Waals surface area contributed by atoms with Crippen molar-refractivity contribution < 1.29 is 13.6 Å². The third-order valence-electron chi connectivity index (χ3n) is 2.22. The van der Waals surface area contributed by atoms with Gasteiger partial charge in [0.2, 0.25) is 0 Å². The van der Waals surface area contributed by atoms with E-state index in [1.54, 1.807) is 19.1 Å². The molecule has 2 heterocycles.